The van der Waals surface area contributed by atoms with E-state index < -0.39 is 52.5 Å². The zero-order valence-electron chi connectivity index (χ0n) is 15.3. The largest absolute Gasteiger partial charge is 0.462 e. The number of esters is 1. The minimum absolute atomic E-state index is 0.0436. The molecule has 3 N–H and O–H groups in total. The first-order valence-corrected chi connectivity index (χ1v) is 9.41. The van der Waals surface area contributed by atoms with Gasteiger partial charge in [-0.25, -0.2) is 0 Å². The molecule has 1 unspecified atom stereocenters. The van der Waals surface area contributed by atoms with Crippen molar-refractivity contribution in [1.29, 1.82) is 0 Å². The minimum Gasteiger partial charge on any atom is -0.462 e. The smallest absolute Gasteiger partial charge is 0.306 e. The lowest BCUT2D eigenvalue weighted by Crippen LogP contribution is -2.74. The maximum atomic E-state index is 12.5. The zero-order chi connectivity index (χ0) is 19.5. The van der Waals surface area contributed by atoms with Crippen molar-refractivity contribution in [3.05, 3.63) is 23.8 Å². The number of fused-ring (bicyclic) bond motifs is 1. The molecule has 0 amide bonds. The third-order valence-corrected chi connectivity index (χ3v) is 8.19. The van der Waals surface area contributed by atoms with Gasteiger partial charge in [-0.2, -0.15) is 0 Å². The molecule has 5 rings (SSSR count). The number of ether oxygens (including phenoxy) is 2. The van der Waals surface area contributed by atoms with Gasteiger partial charge in [-0.1, -0.05) is 19.1 Å². The molecule has 0 aromatic carbocycles. The van der Waals surface area contributed by atoms with Crippen LogP contribution in [0.3, 0.4) is 0 Å². The van der Waals surface area contributed by atoms with Crippen molar-refractivity contribution < 1.29 is 34.4 Å². The van der Waals surface area contributed by atoms with Crippen molar-refractivity contribution in [2.75, 3.05) is 6.61 Å². The molecule has 0 radical (unpaired) electrons. The summed E-state index contributed by atoms with van der Waals surface area (Å²) in [5.41, 5.74) is -0.730. The molecule has 7 nitrogen and oxygen atoms in total. The normalized spacial score (nSPS) is 56.2. The molecule has 0 aromatic heterocycles. The Morgan fingerprint density at radius 1 is 1.22 bits per heavy atom. The molecule has 2 saturated carbocycles. The van der Waals surface area contributed by atoms with Crippen molar-refractivity contribution in [1.82, 2.24) is 0 Å². The van der Waals surface area contributed by atoms with Crippen LogP contribution in [0, 0.1) is 28.6 Å². The summed E-state index contributed by atoms with van der Waals surface area (Å²) in [5, 5.41) is 33.3. The molecule has 4 fully saturated rings. The van der Waals surface area contributed by atoms with Gasteiger partial charge in [0, 0.05) is 22.7 Å². The van der Waals surface area contributed by atoms with Crippen LogP contribution in [0.2, 0.25) is 0 Å². The van der Waals surface area contributed by atoms with Gasteiger partial charge in [0.1, 0.15) is 18.3 Å². The summed E-state index contributed by atoms with van der Waals surface area (Å²) >= 11 is 0. The van der Waals surface area contributed by atoms with Gasteiger partial charge in [-0.05, 0) is 30.9 Å². The number of hydrogen-bond acceptors (Lipinski definition) is 7. The molecule has 2 heterocycles. The lowest BCUT2D eigenvalue weighted by Gasteiger charge is -2.66. The Morgan fingerprint density at radius 2 is 1.93 bits per heavy atom. The van der Waals surface area contributed by atoms with Crippen LogP contribution in [0.4, 0.5) is 0 Å². The molecule has 146 valence electrons. The van der Waals surface area contributed by atoms with E-state index in [9.17, 15) is 24.9 Å². The van der Waals surface area contributed by atoms with Gasteiger partial charge < -0.3 is 24.8 Å². The molecule has 7 heteroatoms. The van der Waals surface area contributed by atoms with Gasteiger partial charge in [0.15, 0.2) is 11.6 Å². The second-order valence-corrected chi connectivity index (χ2v) is 9.15. The topological polar surface area (TPSA) is 113 Å². The van der Waals surface area contributed by atoms with Crippen LogP contribution in [0.5, 0.6) is 0 Å². The first kappa shape index (κ1) is 17.6. The molecule has 9 atom stereocenters. The molecule has 2 aliphatic heterocycles. The molecular weight excluding hydrogens is 352 g/mol. The van der Waals surface area contributed by atoms with Crippen LogP contribution in [0.25, 0.3) is 0 Å². The van der Waals surface area contributed by atoms with Gasteiger partial charge in [-0.3, -0.25) is 9.59 Å². The highest BCUT2D eigenvalue weighted by Crippen LogP contribution is 2.73. The maximum Gasteiger partial charge on any atom is 0.306 e. The van der Waals surface area contributed by atoms with E-state index in [1.807, 2.05) is 6.92 Å². The standard InChI is InChI=1S/C20H24O7/c1-8-4-12(21)16(24)18(3)10(8)5-13-19-7-26-20(25,17(18)19)15(23)9(2)11(19)6-14(22)27-13/h4,10-11,13,15-17,23-25H,2,5-7H2,1,3H3/t10-,11-,13+,15-,16+,17+,18+,19+,20?/m0/s1. The van der Waals surface area contributed by atoms with Crippen LogP contribution in [0.15, 0.2) is 23.8 Å². The third kappa shape index (κ3) is 1.69. The first-order valence-electron chi connectivity index (χ1n) is 9.41. The van der Waals surface area contributed by atoms with Gasteiger partial charge in [-0.15, -0.1) is 0 Å². The number of allylic oxidation sites excluding steroid dienone is 1. The van der Waals surface area contributed by atoms with E-state index in [0.717, 1.165) is 5.57 Å². The van der Waals surface area contributed by atoms with Crippen LogP contribution in [0.1, 0.15) is 26.7 Å². The van der Waals surface area contributed by atoms with E-state index in [1.54, 1.807) is 6.92 Å². The van der Waals surface area contributed by atoms with Crippen molar-refractivity contribution in [2.24, 2.45) is 28.6 Å². The number of aliphatic hydroxyl groups excluding tert-OH is 2. The van der Waals surface area contributed by atoms with Crippen molar-refractivity contribution >= 4 is 11.8 Å². The Labute approximate surface area is 156 Å². The number of ketones is 1. The first-order chi connectivity index (χ1) is 12.6. The molecule has 27 heavy (non-hydrogen) atoms. The van der Waals surface area contributed by atoms with E-state index in [4.69, 9.17) is 9.47 Å². The highest BCUT2D eigenvalue weighted by Gasteiger charge is 2.81. The van der Waals surface area contributed by atoms with Crippen molar-refractivity contribution in [2.45, 2.75) is 50.8 Å². The fraction of sp³-hybridized carbons (Fsp3) is 0.700. The van der Waals surface area contributed by atoms with Crippen molar-refractivity contribution in [3.63, 3.8) is 0 Å². The number of carbonyl (C=O) groups excluding carboxylic acids is 2. The summed E-state index contributed by atoms with van der Waals surface area (Å²) in [5.74, 6) is -4.25. The van der Waals surface area contributed by atoms with E-state index in [-0.39, 0.29) is 24.9 Å². The van der Waals surface area contributed by atoms with E-state index in [2.05, 4.69) is 6.58 Å². The summed E-state index contributed by atoms with van der Waals surface area (Å²) in [7, 11) is 0. The fourth-order valence-corrected chi connectivity index (χ4v) is 7.14. The predicted molar refractivity (Wildman–Crippen MR) is 90.9 cm³/mol. The van der Waals surface area contributed by atoms with Crippen molar-refractivity contribution in [3.8, 4) is 0 Å². The minimum atomic E-state index is -1.98. The quantitative estimate of drug-likeness (QED) is 0.405. The van der Waals surface area contributed by atoms with Crippen LogP contribution in [-0.4, -0.2) is 57.8 Å². The van der Waals surface area contributed by atoms with Gasteiger partial charge in [0.25, 0.3) is 0 Å². The lowest BCUT2D eigenvalue weighted by atomic mass is 9.39. The lowest BCUT2D eigenvalue weighted by molar-refractivity contribution is -0.305. The molecular formula is C20H24O7. The Hall–Kier alpha value is -1.54. The Bertz CT molecular complexity index is 817. The van der Waals surface area contributed by atoms with E-state index >= 15 is 0 Å². The highest BCUT2D eigenvalue weighted by molar-refractivity contribution is 5.96. The van der Waals surface area contributed by atoms with E-state index in [1.165, 1.54) is 6.08 Å². The molecule has 2 bridgehead atoms. The molecule has 1 spiro atoms. The number of hydrogen-bond donors (Lipinski definition) is 3. The average Bonchev–Trinajstić information content (AvgIpc) is 2.90. The Kier molecular flexibility index (Phi) is 3.18. The summed E-state index contributed by atoms with van der Waals surface area (Å²) < 4.78 is 11.5. The van der Waals surface area contributed by atoms with Crippen LogP contribution >= 0.6 is 0 Å². The summed E-state index contributed by atoms with van der Waals surface area (Å²) in [6, 6.07) is 0. The van der Waals surface area contributed by atoms with E-state index in [0.29, 0.717) is 12.0 Å². The van der Waals surface area contributed by atoms with Crippen LogP contribution in [-0.2, 0) is 19.1 Å². The average molecular weight is 376 g/mol. The molecule has 5 aliphatic rings. The SMILES string of the molecule is C=C1[C@H](O)C2(O)OC[C@]34[C@H]2[C@@]2(C)[C@H](O)C(=O)C=C(C)[C@@H]2C[C@H]3OC(=O)C[C@@H]14. The second-order valence-electron chi connectivity index (χ2n) is 9.15. The second kappa shape index (κ2) is 4.89. The van der Waals surface area contributed by atoms with Gasteiger partial charge in [0.05, 0.1) is 13.0 Å². The summed E-state index contributed by atoms with van der Waals surface area (Å²) in [6.45, 7) is 7.64. The Morgan fingerprint density at radius 3 is 2.63 bits per heavy atom. The Balaban J connectivity index is 1.79. The summed E-state index contributed by atoms with van der Waals surface area (Å²) in [4.78, 5) is 24.8. The van der Waals surface area contributed by atoms with Gasteiger partial charge in [0.2, 0.25) is 0 Å². The zero-order valence-corrected chi connectivity index (χ0v) is 15.3. The molecule has 2 saturated heterocycles. The highest BCUT2D eigenvalue weighted by atomic mass is 16.6. The number of aliphatic hydroxyl groups is 3. The maximum absolute atomic E-state index is 12.5. The predicted octanol–water partition coefficient (Wildman–Crippen LogP) is 0.0863. The van der Waals surface area contributed by atoms with Crippen LogP contribution < -0.4 is 0 Å². The number of rotatable bonds is 0. The number of carbonyl (C=O) groups is 2. The summed E-state index contributed by atoms with van der Waals surface area (Å²) in [6.07, 6.45) is -1.36. The third-order valence-electron chi connectivity index (χ3n) is 8.19. The molecule has 0 aromatic rings. The van der Waals surface area contributed by atoms with Gasteiger partial charge >= 0.3 is 5.97 Å². The monoisotopic (exact) mass is 376 g/mol. The molecule has 3 aliphatic carbocycles. The fourth-order valence-electron chi connectivity index (χ4n) is 7.14.